The topological polar surface area (TPSA) is 75.8 Å². The van der Waals surface area contributed by atoms with E-state index in [2.05, 4.69) is 0 Å². The van der Waals surface area contributed by atoms with Gasteiger partial charge in [0.25, 0.3) is 0 Å². The molecule has 0 bridgehead atoms. The summed E-state index contributed by atoms with van der Waals surface area (Å²) in [4.78, 5) is 14.3. The average molecular weight is 256 g/mol. The molecule has 1 heterocycles. The average Bonchev–Trinajstić information content (AvgIpc) is 2.36. The number of aliphatic hydroxyl groups is 1. The molecule has 3 N–H and O–H groups in total. The lowest BCUT2D eigenvalue weighted by molar-refractivity contribution is -0.147. The first-order chi connectivity index (χ1) is 8.57. The highest BCUT2D eigenvalue weighted by molar-refractivity contribution is 5.83. The summed E-state index contributed by atoms with van der Waals surface area (Å²) in [7, 11) is 1.85. The Hall–Kier alpha value is -0.650. The Morgan fingerprint density at radius 3 is 2.56 bits per heavy atom. The second-order valence-corrected chi connectivity index (χ2v) is 5.77. The van der Waals surface area contributed by atoms with Crippen molar-refractivity contribution in [3.8, 4) is 0 Å². The van der Waals surface area contributed by atoms with E-state index in [-0.39, 0.29) is 12.0 Å². The number of hydrogen-bond acceptors (Lipinski definition) is 4. The lowest BCUT2D eigenvalue weighted by Crippen LogP contribution is -2.51. The molecule has 5 nitrogen and oxygen atoms in total. The molecule has 1 aliphatic carbocycles. The van der Waals surface area contributed by atoms with E-state index in [4.69, 9.17) is 10.5 Å². The van der Waals surface area contributed by atoms with Crippen LogP contribution in [0.25, 0.3) is 0 Å². The highest BCUT2D eigenvalue weighted by Crippen LogP contribution is 2.33. The number of aliphatic hydroxyl groups excluding tert-OH is 1. The van der Waals surface area contributed by atoms with Gasteiger partial charge in [-0.1, -0.05) is 0 Å². The van der Waals surface area contributed by atoms with Crippen molar-refractivity contribution in [2.45, 2.75) is 31.8 Å². The van der Waals surface area contributed by atoms with Crippen molar-refractivity contribution in [3.05, 3.63) is 0 Å². The van der Waals surface area contributed by atoms with Gasteiger partial charge in [-0.15, -0.1) is 0 Å². The molecule has 0 aromatic rings. The van der Waals surface area contributed by atoms with Crippen molar-refractivity contribution in [2.75, 3.05) is 33.4 Å². The monoisotopic (exact) mass is 256 g/mol. The van der Waals surface area contributed by atoms with Gasteiger partial charge in [0, 0.05) is 33.4 Å². The molecule has 1 aliphatic heterocycles. The lowest BCUT2D eigenvalue weighted by atomic mass is 9.77. The predicted molar refractivity (Wildman–Crippen MR) is 67.9 cm³/mol. The minimum absolute atomic E-state index is 0.148. The van der Waals surface area contributed by atoms with Crippen LogP contribution in [-0.4, -0.2) is 55.4 Å². The second-order valence-electron chi connectivity index (χ2n) is 5.77. The number of nitrogens with zero attached hydrogens (tertiary/aromatic N) is 1. The van der Waals surface area contributed by atoms with Crippen LogP contribution >= 0.6 is 0 Å². The summed E-state index contributed by atoms with van der Waals surface area (Å²) in [5, 5.41) is 9.28. The highest BCUT2D eigenvalue weighted by atomic mass is 16.5. The van der Waals surface area contributed by atoms with Crippen LogP contribution in [0.2, 0.25) is 0 Å². The molecule has 0 spiro atoms. The Morgan fingerprint density at radius 2 is 2.06 bits per heavy atom. The largest absolute Gasteiger partial charge is 0.393 e. The van der Waals surface area contributed by atoms with Crippen LogP contribution in [0.1, 0.15) is 25.7 Å². The fourth-order valence-electron chi connectivity index (χ4n) is 2.99. The van der Waals surface area contributed by atoms with Gasteiger partial charge >= 0.3 is 0 Å². The maximum absolute atomic E-state index is 12.5. The molecule has 0 aromatic carbocycles. The molecule has 1 saturated heterocycles. The maximum Gasteiger partial charge on any atom is 0.229 e. The summed E-state index contributed by atoms with van der Waals surface area (Å²) in [6, 6.07) is 0. The van der Waals surface area contributed by atoms with E-state index < -0.39 is 5.41 Å². The fourth-order valence-corrected chi connectivity index (χ4v) is 2.99. The number of carbonyl (C=O) groups is 1. The molecule has 5 heteroatoms. The minimum Gasteiger partial charge on any atom is -0.393 e. The maximum atomic E-state index is 12.5. The molecule has 0 radical (unpaired) electrons. The predicted octanol–water partition coefficient (Wildman–Crippen LogP) is -0.0288. The van der Waals surface area contributed by atoms with Crippen LogP contribution in [0.15, 0.2) is 0 Å². The Bertz CT molecular complexity index is 297. The Kier molecular flexibility index (Phi) is 4.25. The minimum atomic E-state index is -0.421. The molecule has 0 atom stereocenters. The van der Waals surface area contributed by atoms with Crippen molar-refractivity contribution >= 4 is 5.91 Å². The van der Waals surface area contributed by atoms with Crippen molar-refractivity contribution in [3.63, 3.8) is 0 Å². The van der Waals surface area contributed by atoms with Gasteiger partial charge in [-0.05, 0) is 31.6 Å². The van der Waals surface area contributed by atoms with E-state index in [9.17, 15) is 9.90 Å². The first-order valence-corrected chi connectivity index (χ1v) is 6.79. The number of rotatable bonds is 4. The standard InChI is InChI=1S/C13H24N2O3/c1-15(8-10-6-11(16)7-10)12(17)13(9-14)2-4-18-5-3-13/h10-11,16H,2-9,14H2,1H3. The number of hydrogen-bond donors (Lipinski definition) is 2. The van der Waals surface area contributed by atoms with Gasteiger partial charge in [-0.3, -0.25) is 4.79 Å². The van der Waals surface area contributed by atoms with Crippen molar-refractivity contribution in [1.29, 1.82) is 0 Å². The van der Waals surface area contributed by atoms with Crippen molar-refractivity contribution in [2.24, 2.45) is 17.1 Å². The number of nitrogens with two attached hydrogens (primary N) is 1. The molecule has 1 amide bonds. The number of amides is 1. The van der Waals surface area contributed by atoms with Crippen LogP contribution < -0.4 is 5.73 Å². The van der Waals surface area contributed by atoms with Gasteiger partial charge in [-0.2, -0.15) is 0 Å². The zero-order valence-corrected chi connectivity index (χ0v) is 11.1. The van der Waals surface area contributed by atoms with Gasteiger partial charge < -0.3 is 20.5 Å². The third kappa shape index (κ3) is 2.68. The fraction of sp³-hybridized carbons (Fsp3) is 0.923. The van der Waals surface area contributed by atoms with Crippen LogP contribution in [0.3, 0.4) is 0 Å². The molecule has 18 heavy (non-hydrogen) atoms. The molecule has 0 aromatic heterocycles. The zero-order chi connectivity index (χ0) is 13.2. The molecule has 0 unspecified atom stereocenters. The Labute approximate surface area is 108 Å². The molecule has 2 rings (SSSR count). The normalized spacial score (nSPS) is 30.6. The Morgan fingerprint density at radius 1 is 1.44 bits per heavy atom. The molecule has 2 aliphatic rings. The van der Waals surface area contributed by atoms with Gasteiger partial charge in [-0.25, -0.2) is 0 Å². The van der Waals surface area contributed by atoms with E-state index in [1.807, 2.05) is 7.05 Å². The van der Waals surface area contributed by atoms with E-state index in [0.717, 1.165) is 32.2 Å². The summed E-state index contributed by atoms with van der Waals surface area (Å²) >= 11 is 0. The molecule has 104 valence electrons. The third-order valence-corrected chi connectivity index (χ3v) is 4.38. The van der Waals surface area contributed by atoms with Crippen molar-refractivity contribution < 1.29 is 14.6 Å². The van der Waals surface area contributed by atoms with E-state index in [1.165, 1.54) is 0 Å². The van der Waals surface area contributed by atoms with Crippen LogP contribution in [0.5, 0.6) is 0 Å². The summed E-state index contributed by atoms with van der Waals surface area (Å²) in [5.74, 6) is 0.596. The van der Waals surface area contributed by atoms with Gasteiger partial charge in [0.15, 0.2) is 0 Å². The summed E-state index contributed by atoms with van der Waals surface area (Å²) in [5.41, 5.74) is 5.41. The molecule has 2 fully saturated rings. The van der Waals surface area contributed by atoms with Crippen LogP contribution in [0, 0.1) is 11.3 Å². The molecular formula is C13H24N2O3. The first-order valence-electron chi connectivity index (χ1n) is 6.79. The van der Waals surface area contributed by atoms with E-state index in [0.29, 0.717) is 25.7 Å². The zero-order valence-electron chi connectivity index (χ0n) is 11.1. The van der Waals surface area contributed by atoms with E-state index in [1.54, 1.807) is 4.90 Å². The SMILES string of the molecule is CN(CC1CC(O)C1)C(=O)C1(CN)CCOCC1. The van der Waals surface area contributed by atoms with Gasteiger partial charge in [0.1, 0.15) is 0 Å². The van der Waals surface area contributed by atoms with Gasteiger partial charge in [0.2, 0.25) is 5.91 Å². The summed E-state index contributed by atoms with van der Waals surface area (Å²) in [6.45, 7) is 2.38. The van der Waals surface area contributed by atoms with Crippen molar-refractivity contribution in [1.82, 2.24) is 4.90 Å². The molecular weight excluding hydrogens is 232 g/mol. The molecule has 1 saturated carbocycles. The Balaban J connectivity index is 1.91. The lowest BCUT2D eigenvalue weighted by Gasteiger charge is -2.40. The second kappa shape index (κ2) is 5.55. The quantitative estimate of drug-likeness (QED) is 0.740. The third-order valence-electron chi connectivity index (χ3n) is 4.38. The summed E-state index contributed by atoms with van der Waals surface area (Å²) in [6.07, 6.45) is 2.91. The van der Waals surface area contributed by atoms with Gasteiger partial charge in [0.05, 0.1) is 11.5 Å². The smallest absolute Gasteiger partial charge is 0.229 e. The first kappa shape index (κ1) is 13.8. The summed E-state index contributed by atoms with van der Waals surface area (Å²) < 4.78 is 5.32. The number of carbonyl (C=O) groups excluding carboxylic acids is 1. The number of ether oxygens (including phenoxy) is 1. The van der Waals surface area contributed by atoms with Crippen LogP contribution in [0.4, 0.5) is 0 Å². The van der Waals surface area contributed by atoms with Crippen LogP contribution in [-0.2, 0) is 9.53 Å². The highest BCUT2D eigenvalue weighted by Gasteiger charge is 2.41. The van der Waals surface area contributed by atoms with E-state index >= 15 is 0 Å².